The van der Waals surface area contributed by atoms with Gasteiger partial charge in [0.2, 0.25) is 5.91 Å². The van der Waals surface area contributed by atoms with Crippen LogP contribution in [0.1, 0.15) is 57.5 Å². The fourth-order valence-electron chi connectivity index (χ4n) is 6.26. The summed E-state index contributed by atoms with van der Waals surface area (Å²) in [4.78, 5) is 25.3. The summed E-state index contributed by atoms with van der Waals surface area (Å²) in [5.41, 5.74) is 2.46. The summed E-state index contributed by atoms with van der Waals surface area (Å²) < 4.78 is 19.1. The van der Waals surface area contributed by atoms with Gasteiger partial charge in [-0.05, 0) is 44.5 Å². The number of hydrogen-bond acceptors (Lipinski definition) is 7. The van der Waals surface area contributed by atoms with Gasteiger partial charge in [0, 0.05) is 67.5 Å². The van der Waals surface area contributed by atoms with Crippen LogP contribution >= 0.6 is 0 Å². The standard InChI is InChI=1S/C30H42FN5O3/c1-19-13-34(25(12-32-19)14-35-20(2)16-39-17-21(35)3)15-27(37)36-18-30(4,5)29-26(36)10-23(11-33-29)28(38)22-6-8-24(31)9-7-22/h6-11,19-21,25,28,32,38H,12-18H2,1-5H3/t19?,20-,21?,25-,28?/m1/s1. The lowest BCUT2D eigenvalue weighted by Gasteiger charge is -2.46. The van der Waals surface area contributed by atoms with Gasteiger partial charge in [-0.3, -0.25) is 19.6 Å². The minimum atomic E-state index is -0.958. The topological polar surface area (TPSA) is 81.2 Å². The van der Waals surface area contributed by atoms with Crippen molar-refractivity contribution in [3.63, 3.8) is 0 Å². The number of amides is 1. The first-order chi connectivity index (χ1) is 18.5. The molecule has 5 rings (SSSR count). The average molecular weight is 540 g/mol. The molecule has 0 saturated carbocycles. The Balaban J connectivity index is 1.36. The summed E-state index contributed by atoms with van der Waals surface area (Å²) in [6, 6.07) is 8.89. The van der Waals surface area contributed by atoms with Crippen LogP contribution in [0.2, 0.25) is 0 Å². The number of fused-ring (bicyclic) bond motifs is 1. The number of ether oxygens (including phenoxy) is 1. The molecule has 2 aromatic rings. The molecule has 2 saturated heterocycles. The Labute approximate surface area is 231 Å². The number of carbonyl (C=O) groups excluding carboxylic acids is 1. The highest BCUT2D eigenvalue weighted by Crippen LogP contribution is 2.41. The SMILES string of the molecule is CC1CN(CC(=O)N2CC(C)(C)c3ncc(C(O)c4ccc(F)cc4)cc32)[C@@H](CN2C(C)COC[C@H]2C)CN1. The van der Waals surface area contributed by atoms with Crippen LogP contribution in [0.4, 0.5) is 10.1 Å². The number of halogens is 1. The van der Waals surface area contributed by atoms with Gasteiger partial charge in [0.25, 0.3) is 0 Å². The Kier molecular flexibility index (Phi) is 8.08. The molecule has 3 aliphatic rings. The van der Waals surface area contributed by atoms with Crippen LogP contribution in [0.3, 0.4) is 0 Å². The second kappa shape index (κ2) is 11.2. The molecule has 9 heteroatoms. The zero-order valence-corrected chi connectivity index (χ0v) is 23.7. The third-order valence-corrected chi connectivity index (χ3v) is 8.51. The van der Waals surface area contributed by atoms with Gasteiger partial charge in [-0.2, -0.15) is 0 Å². The minimum absolute atomic E-state index is 0.0409. The molecule has 1 amide bonds. The van der Waals surface area contributed by atoms with Gasteiger partial charge >= 0.3 is 0 Å². The second-order valence-electron chi connectivity index (χ2n) is 12.3. The molecule has 5 atom stereocenters. The molecular weight excluding hydrogens is 497 g/mol. The highest BCUT2D eigenvalue weighted by atomic mass is 19.1. The fraction of sp³-hybridized carbons (Fsp3) is 0.600. The summed E-state index contributed by atoms with van der Waals surface area (Å²) in [6.07, 6.45) is 0.710. The molecule has 0 radical (unpaired) electrons. The number of piperazine rings is 1. The Morgan fingerprint density at radius 2 is 1.87 bits per heavy atom. The molecule has 39 heavy (non-hydrogen) atoms. The lowest BCUT2D eigenvalue weighted by molar-refractivity contribution is -0.121. The van der Waals surface area contributed by atoms with Gasteiger partial charge < -0.3 is 20.1 Å². The number of benzene rings is 1. The zero-order valence-electron chi connectivity index (χ0n) is 23.7. The number of aromatic nitrogens is 1. The van der Waals surface area contributed by atoms with Gasteiger partial charge in [-0.15, -0.1) is 0 Å². The van der Waals surface area contributed by atoms with Crippen molar-refractivity contribution in [1.29, 1.82) is 0 Å². The smallest absolute Gasteiger partial charge is 0.241 e. The van der Waals surface area contributed by atoms with Crippen molar-refractivity contribution in [2.45, 2.75) is 70.3 Å². The zero-order chi connectivity index (χ0) is 27.9. The molecule has 0 bridgehead atoms. The summed E-state index contributed by atoms with van der Waals surface area (Å²) in [5, 5.41) is 14.6. The predicted molar refractivity (Wildman–Crippen MR) is 149 cm³/mol. The molecule has 0 spiro atoms. The van der Waals surface area contributed by atoms with E-state index in [-0.39, 0.29) is 23.2 Å². The van der Waals surface area contributed by atoms with E-state index in [0.29, 0.717) is 42.3 Å². The number of morpholine rings is 1. The number of pyridine rings is 1. The summed E-state index contributed by atoms with van der Waals surface area (Å²) in [7, 11) is 0. The number of aliphatic hydroxyl groups is 1. The maximum atomic E-state index is 13.9. The summed E-state index contributed by atoms with van der Waals surface area (Å²) >= 11 is 0. The van der Waals surface area contributed by atoms with Crippen molar-refractivity contribution in [3.8, 4) is 0 Å². The van der Waals surface area contributed by atoms with Gasteiger partial charge in [-0.1, -0.05) is 26.0 Å². The monoisotopic (exact) mass is 539 g/mol. The van der Waals surface area contributed by atoms with Crippen molar-refractivity contribution in [3.05, 3.63) is 59.2 Å². The van der Waals surface area contributed by atoms with Crippen LogP contribution in [-0.2, 0) is 14.9 Å². The normalized spacial score (nSPS) is 28.3. The van der Waals surface area contributed by atoms with E-state index in [0.717, 1.165) is 44.2 Å². The Hall–Kier alpha value is -2.43. The largest absolute Gasteiger partial charge is 0.384 e. The Morgan fingerprint density at radius 3 is 2.56 bits per heavy atom. The van der Waals surface area contributed by atoms with E-state index < -0.39 is 6.10 Å². The molecule has 8 nitrogen and oxygen atoms in total. The highest BCUT2D eigenvalue weighted by molar-refractivity contribution is 5.97. The number of rotatable bonds is 6. The number of anilines is 1. The maximum Gasteiger partial charge on any atom is 0.241 e. The summed E-state index contributed by atoms with van der Waals surface area (Å²) in [5.74, 6) is -0.311. The van der Waals surface area contributed by atoms with Crippen LogP contribution in [-0.4, -0.2) is 95.9 Å². The quantitative estimate of drug-likeness (QED) is 0.584. The van der Waals surface area contributed by atoms with E-state index in [9.17, 15) is 14.3 Å². The Morgan fingerprint density at radius 1 is 1.18 bits per heavy atom. The van der Waals surface area contributed by atoms with Crippen LogP contribution in [0.5, 0.6) is 0 Å². The summed E-state index contributed by atoms with van der Waals surface area (Å²) in [6.45, 7) is 15.6. The number of nitrogens with one attached hydrogen (secondary N) is 1. The van der Waals surface area contributed by atoms with E-state index in [1.54, 1.807) is 18.3 Å². The first-order valence-corrected chi connectivity index (χ1v) is 14.1. The second-order valence-corrected chi connectivity index (χ2v) is 12.3. The van der Waals surface area contributed by atoms with E-state index in [1.807, 2.05) is 11.0 Å². The van der Waals surface area contributed by atoms with E-state index in [1.165, 1.54) is 12.1 Å². The van der Waals surface area contributed by atoms with Crippen LogP contribution in [0.15, 0.2) is 36.5 Å². The number of aliphatic hydroxyl groups excluding tert-OH is 1. The van der Waals surface area contributed by atoms with Crippen molar-refractivity contribution in [1.82, 2.24) is 20.1 Å². The number of carbonyl (C=O) groups is 1. The molecule has 2 N–H and O–H groups in total. The molecule has 2 fully saturated rings. The predicted octanol–water partition coefficient (Wildman–Crippen LogP) is 2.70. The van der Waals surface area contributed by atoms with Gasteiger partial charge in [0.05, 0.1) is 31.1 Å². The minimum Gasteiger partial charge on any atom is -0.384 e. The Bertz CT molecular complexity index is 1170. The third-order valence-electron chi connectivity index (χ3n) is 8.51. The van der Waals surface area contributed by atoms with Crippen molar-refractivity contribution in [2.75, 3.05) is 50.8 Å². The van der Waals surface area contributed by atoms with E-state index in [4.69, 9.17) is 9.72 Å². The van der Waals surface area contributed by atoms with Crippen molar-refractivity contribution < 1.29 is 19.0 Å². The van der Waals surface area contributed by atoms with Gasteiger partial charge in [0.1, 0.15) is 11.9 Å². The highest BCUT2D eigenvalue weighted by Gasteiger charge is 2.41. The average Bonchev–Trinajstić information content (AvgIpc) is 3.17. The van der Waals surface area contributed by atoms with Crippen LogP contribution in [0, 0.1) is 5.82 Å². The van der Waals surface area contributed by atoms with Crippen molar-refractivity contribution in [2.24, 2.45) is 0 Å². The number of nitrogens with zero attached hydrogens (tertiary/aromatic N) is 4. The third kappa shape index (κ3) is 5.88. The first kappa shape index (κ1) is 28.1. The first-order valence-electron chi connectivity index (χ1n) is 14.1. The fourth-order valence-corrected chi connectivity index (χ4v) is 6.26. The molecule has 212 valence electrons. The number of hydrogen-bond donors (Lipinski definition) is 2. The maximum absolute atomic E-state index is 13.9. The molecule has 0 aliphatic carbocycles. The molecular formula is C30H42FN5O3. The van der Waals surface area contributed by atoms with Crippen molar-refractivity contribution >= 4 is 11.6 Å². The lowest BCUT2D eigenvalue weighted by Crippen LogP contribution is -2.63. The van der Waals surface area contributed by atoms with E-state index in [2.05, 4.69) is 49.7 Å². The van der Waals surface area contributed by atoms with Crippen LogP contribution in [0.25, 0.3) is 0 Å². The van der Waals surface area contributed by atoms with E-state index >= 15 is 0 Å². The van der Waals surface area contributed by atoms with Gasteiger partial charge in [0.15, 0.2) is 0 Å². The molecule has 4 heterocycles. The molecule has 1 aromatic heterocycles. The van der Waals surface area contributed by atoms with Gasteiger partial charge in [-0.25, -0.2) is 4.39 Å². The lowest BCUT2D eigenvalue weighted by atomic mass is 9.90. The molecule has 3 unspecified atom stereocenters. The van der Waals surface area contributed by atoms with Crippen LogP contribution < -0.4 is 10.2 Å². The molecule has 1 aromatic carbocycles. The molecule has 3 aliphatic heterocycles.